The van der Waals surface area contributed by atoms with Gasteiger partial charge in [0.25, 0.3) is 5.91 Å². The zero-order valence-corrected chi connectivity index (χ0v) is 12.7. The van der Waals surface area contributed by atoms with Gasteiger partial charge in [-0.2, -0.15) is 4.57 Å². The fourth-order valence-corrected chi connectivity index (χ4v) is 2.19. The van der Waals surface area contributed by atoms with Crippen LogP contribution in [0.2, 0.25) is 10.0 Å². The first kappa shape index (κ1) is 14.8. The summed E-state index contributed by atoms with van der Waals surface area (Å²) in [5, 5.41) is 3.76. The first-order valence-electron chi connectivity index (χ1n) is 6.20. The lowest BCUT2D eigenvalue weighted by Crippen LogP contribution is -2.44. The van der Waals surface area contributed by atoms with Gasteiger partial charge in [-0.1, -0.05) is 23.2 Å². The summed E-state index contributed by atoms with van der Waals surface area (Å²) in [5.74, 6) is -0.136. The van der Waals surface area contributed by atoms with Crippen LogP contribution in [-0.4, -0.2) is 5.91 Å². The first-order chi connectivity index (χ1) is 9.47. The van der Waals surface area contributed by atoms with E-state index in [9.17, 15) is 4.79 Å². The molecule has 5 heteroatoms. The van der Waals surface area contributed by atoms with E-state index in [1.165, 1.54) is 0 Å². The summed E-state index contributed by atoms with van der Waals surface area (Å²) in [6.45, 7) is 3.83. The number of benzene rings is 1. The molecular weight excluding hydrogens is 295 g/mol. The monoisotopic (exact) mass is 309 g/mol. The predicted molar refractivity (Wildman–Crippen MR) is 81.2 cm³/mol. The molecule has 1 N–H and O–H groups in total. The molecule has 0 unspecified atom stereocenters. The van der Waals surface area contributed by atoms with Gasteiger partial charge in [-0.3, -0.25) is 4.79 Å². The molecule has 0 aliphatic carbocycles. The third kappa shape index (κ3) is 3.50. The lowest BCUT2D eigenvalue weighted by Gasteiger charge is -2.10. The Morgan fingerprint density at radius 1 is 1.20 bits per heavy atom. The summed E-state index contributed by atoms with van der Waals surface area (Å²) in [6.07, 6.45) is 3.76. The van der Waals surface area contributed by atoms with Crippen LogP contribution in [0, 0.1) is 6.92 Å². The molecule has 20 heavy (non-hydrogen) atoms. The van der Waals surface area contributed by atoms with Crippen LogP contribution in [0.15, 0.2) is 42.7 Å². The zero-order chi connectivity index (χ0) is 14.7. The summed E-state index contributed by atoms with van der Waals surface area (Å²) in [6, 6.07) is 8.56. The zero-order valence-electron chi connectivity index (χ0n) is 11.2. The Bertz CT molecular complexity index is 626. The molecule has 0 aliphatic rings. The lowest BCUT2D eigenvalue weighted by atomic mass is 10.2. The molecule has 1 aromatic heterocycles. The van der Waals surface area contributed by atoms with Gasteiger partial charge >= 0.3 is 0 Å². The Labute approximate surface area is 128 Å². The number of carbonyl (C=O) groups excluding carboxylic acids is 1. The highest BCUT2D eigenvalue weighted by Crippen LogP contribution is 2.25. The van der Waals surface area contributed by atoms with Gasteiger partial charge in [-0.25, -0.2) is 0 Å². The predicted octanol–water partition coefficient (Wildman–Crippen LogP) is 3.79. The van der Waals surface area contributed by atoms with Gasteiger partial charge in [0.15, 0.2) is 12.4 Å². The average molecular weight is 310 g/mol. The van der Waals surface area contributed by atoms with Crippen molar-refractivity contribution in [2.45, 2.75) is 19.9 Å². The molecule has 1 amide bonds. The molecule has 0 saturated heterocycles. The molecule has 1 atom stereocenters. The average Bonchev–Trinajstić information content (AvgIpc) is 2.42. The summed E-state index contributed by atoms with van der Waals surface area (Å²) < 4.78 is 1.84. The molecule has 0 fully saturated rings. The smallest absolute Gasteiger partial charge is 0.293 e. The molecule has 0 radical (unpaired) electrons. The standard InChI is InChI=1S/C15H14Cl2N2O/c1-10-5-7-19(8-6-10)11(2)15(20)18-14-4-3-12(16)9-13(14)17/h3-9,11H,1-2H3/p+1/t11-/m0/s1. The molecule has 0 spiro atoms. The highest BCUT2D eigenvalue weighted by atomic mass is 35.5. The highest BCUT2D eigenvalue weighted by Gasteiger charge is 2.22. The van der Waals surface area contributed by atoms with E-state index < -0.39 is 0 Å². The quantitative estimate of drug-likeness (QED) is 0.860. The number of amides is 1. The molecule has 0 aliphatic heterocycles. The van der Waals surface area contributed by atoms with Gasteiger partial charge in [0.2, 0.25) is 6.04 Å². The molecule has 3 nitrogen and oxygen atoms in total. The molecular formula is C15H15Cl2N2O+. The van der Waals surface area contributed by atoms with Crippen molar-refractivity contribution < 1.29 is 9.36 Å². The number of aromatic nitrogens is 1. The normalized spacial score (nSPS) is 12.0. The topological polar surface area (TPSA) is 33.0 Å². The fourth-order valence-electron chi connectivity index (χ4n) is 1.73. The molecule has 1 aromatic carbocycles. The molecule has 2 rings (SSSR count). The number of rotatable bonds is 3. The molecule has 2 aromatic rings. The van der Waals surface area contributed by atoms with E-state index in [-0.39, 0.29) is 11.9 Å². The number of nitrogens with one attached hydrogen (secondary N) is 1. The van der Waals surface area contributed by atoms with Crippen LogP contribution >= 0.6 is 23.2 Å². The summed E-state index contributed by atoms with van der Waals surface area (Å²) in [7, 11) is 0. The van der Waals surface area contributed by atoms with Gasteiger partial charge < -0.3 is 5.32 Å². The second-order valence-corrected chi connectivity index (χ2v) is 5.46. The van der Waals surface area contributed by atoms with Crippen molar-refractivity contribution in [1.29, 1.82) is 0 Å². The summed E-state index contributed by atoms with van der Waals surface area (Å²) >= 11 is 11.9. The van der Waals surface area contributed by atoms with Gasteiger partial charge in [0, 0.05) is 24.1 Å². The van der Waals surface area contributed by atoms with Gasteiger partial charge in [-0.05, 0) is 30.7 Å². The number of pyridine rings is 1. The van der Waals surface area contributed by atoms with Crippen LogP contribution in [0.4, 0.5) is 5.69 Å². The van der Waals surface area contributed by atoms with Crippen molar-refractivity contribution in [3.8, 4) is 0 Å². The van der Waals surface area contributed by atoms with Crippen molar-refractivity contribution in [2.24, 2.45) is 0 Å². The Morgan fingerprint density at radius 3 is 2.45 bits per heavy atom. The van der Waals surface area contributed by atoms with Crippen molar-refractivity contribution in [3.63, 3.8) is 0 Å². The Hall–Kier alpha value is -1.58. The van der Waals surface area contributed by atoms with Crippen LogP contribution in [0.3, 0.4) is 0 Å². The van der Waals surface area contributed by atoms with Gasteiger partial charge in [0.1, 0.15) is 0 Å². The van der Waals surface area contributed by atoms with Crippen LogP contribution in [0.1, 0.15) is 18.5 Å². The van der Waals surface area contributed by atoms with E-state index in [4.69, 9.17) is 23.2 Å². The second kappa shape index (κ2) is 6.25. The van der Waals surface area contributed by atoms with E-state index in [0.29, 0.717) is 15.7 Å². The van der Waals surface area contributed by atoms with E-state index in [2.05, 4.69) is 5.32 Å². The number of carbonyl (C=O) groups is 1. The lowest BCUT2D eigenvalue weighted by molar-refractivity contribution is -0.705. The van der Waals surface area contributed by atoms with Crippen LogP contribution in [0.5, 0.6) is 0 Å². The van der Waals surface area contributed by atoms with Crippen molar-refractivity contribution in [2.75, 3.05) is 5.32 Å². The number of hydrogen-bond acceptors (Lipinski definition) is 1. The third-order valence-corrected chi connectivity index (χ3v) is 3.58. The second-order valence-electron chi connectivity index (χ2n) is 4.61. The third-order valence-electron chi connectivity index (χ3n) is 3.03. The number of halogens is 2. The minimum atomic E-state index is -0.331. The van der Waals surface area contributed by atoms with Crippen LogP contribution in [-0.2, 0) is 4.79 Å². The van der Waals surface area contributed by atoms with Crippen molar-refractivity contribution in [1.82, 2.24) is 0 Å². The SMILES string of the molecule is Cc1cc[n+]([C@@H](C)C(=O)Nc2ccc(Cl)cc2Cl)cc1. The van der Waals surface area contributed by atoms with E-state index in [1.54, 1.807) is 18.2 Å². The molecule has 1 heterocycles. The molecule has 104 valence electrons. The number of nitrogens with zero attached hydrogens (tertiary/aromatic N) is 1. The van der Waals surface area contributed by atoms with Gasteiger partial charge in [0.05, 0.1) is 10.7 Å². The highest BCUT2D eigenvalue weighted by molar-refractivity contribution is 6.36. The minimum Gasteiger partial charge on any atom is -0.319 e. The maximum Gasteiger partial charge on any atom is 0.293 e. The van der Waals surface area contributed by atoms with Crippen LogP contribution < -0.4 is 9.88 Å². The Balaban J connectivity index is 2.13. The Kier molecular flexibility index (Phi) is 4.63. The van der Waals surface area contributed by atoms with Crippen LogP contribution in [0.25, 0.3) is 0 Å². The van der Waals surface area contributed by atoms with E-state index in [0.717, 1.165) is 5.56 Å². The number of hydrogen-bond donors (Lipinski definition) is 1. The minimum absolute atomic E-state index is 0.136. The van der Waals surface area contributed by atoms with Crippen molar-refractivity contribution in [3.05, 3.63) is 58.3 Å². The summed E-state index contributed by atoms with van der Waals surface area (Å²) in [5.41, 5.74) is 1.70. The number of anilines is 1. The largest absolute Gasteiger partial charge is 0.319 e. The molecule has 0 saturated carbocycles. The maximum absolute atomic E-state index is 12.2. The van der Waals surface area contributed by atoms with E-state index in [1.807, 2.05) is 42.9 Å². The maximum atomic E-state index is 12.2. The summed E-state index contributed by atoms with van der Waals surface area (Å²) in [4.78, 5) is 12.2. The first-order valence-corrected chi connectivity index (χ1v) is 6.96. The molecule has 0 bridgehead atoms. The van der Waals surface area contributed by atoms with E-state index >= 15 is 0 Å². The fraction of sp³-hybridized carbons (Fsp3) is 0.200. The number of aryl methyl sites for hydroxylation is 1. The van der Waals surface area contributed by atoms with Gasteiger partial charge in [-0.15, -0.1) is 0 Å². The van der Waals surface area contributed by atoms with Crippen molar-refractivity contribution >= 4 is 34.8 Å². The Morgan fingerprint density at radius 2 is 1.85 bits per heavy atom.